The number of rotatable bonds is 7. The molecule has 0 saturated carbocycles. The number of H-pyrrole nitrogens is 1. The number of benzene rings is 1. The van der Waals surface area contributed by atoms with Crippen molar-refractivity contribution in [2.75, 3.05) is 43.4 Å². The highest BCUT2D eigenvalue weighted by Gasteiger charge is 2.22. The van der Waals surface area contributed by atoms with Crippen LogP contribution in [0.5, 0.6) is 0 Å². The Labute approximate surface area is 198 Å². The highest BCUT2D eigenvalue weighted by atomic mass is 16.3. The third-order valence-electron chi connectivity index (χ3n) is 6.76. The van der Waals surface area contributed by atoms with Gasteiger partial charge >= 0.3 is 0 Å². The number of likely N-dealkylation sites (tertiary alicyclic amines) is 1. The van der Waals surface area contributed by atoms with E-state index in [4.69, 9.17) is 0 Å². The van der Waals surface area contributed by atoms with Gasteiger partial charge < -0.3 is 20.6 Å². The third-order valence-corrected chi connectivity index (χ3v) is 6.76. The standard InChI is InChI=1S/C24H32N8O2/c1-16(33)32-10-7-19(8-11-32)27-24-26-13-21-22(28-24)23(30-29-21)25-12-20(34)15-31-9-6-17-4-2-3-5-18(17)14-31/h2-5,13,19-20,34H,6-12,14-15H2,1H3,(H2,25,29,30)(H,26,27,28)/t20-/m1/s1. The summed E-state index contributed by atoms with van der Waals surface area (Å²) in [6.45, 7) is 5.90. The van der Waals surface area contributed by atoms with Crippen molar-refractivity contribution < 1.29 is 9.90 Å². The molecular weight excluding hydrogens is 432 g/mol. The van der Waals surface area contributed by atoms with Crippen LogP contribution in [0.1, 0.15) is 30.9 Å². The van der Waals surface area contributed by atoms with E-state index in [1.807, 2.05) is 4.90 Å². The molecule has 0 aliphatic carbocycles. The first-order valence-electron chi connectivity index (χ1n) is 12.0. The number of carbonyl (C=O) groups excluding carboxylic acids is 1. The normalized spacial score (nSPS) is 18.0. The van der Waals surface area contributed by atoms with E-state index in [1.54, 1.807) is 13.1 Å². The lowest BCUT2D eigenvalue weighted by atomic mass is 10.00. The maximum Gasteiger partial charge on any atom is 0.223 e. The van der Waals surface area contributed by atoms with E-state index in [2.05, 4.69) is 60.0 Å². The van der Waals surface area contributed by atoms with Gasteiger partial charge in [0.25, 0.3) is 0 Å². The van der Waals surface area contributed by atoms with Gasteiger partial charge in [-0.1, -0.05) is 24.3 Å². The molecule has 2 aliphatic heterocycles. The SMILES string of the molecule is CC(=O)N1CCC(Nc2ncc3[nH]nc(NC[C@@H](O)CN4CCc5ccccc5C4)c3n2)CC1. The Bertz CT molecular complexity index is 1140. The highest BCUT2D eigenvalue weighted by molar-refractivity contribution is 5.85. The molecule has 180 valence electrons. The number of aliphatic hydroxyl groups excluding tert-OH is 1. The predicted octanol–water partition coefficient (Wildman–Crippen LogP) is 1.61. The lowest BCUT2D eigenvalue weighted by Crippen LogP contribution is -2.41. The van der Waals surface area contributed by atoms with E-state index in [1.165, 1.54) is 11.1 Å². The number of anilines is 2. The summed E-state index contributed by atoms with van der Waals surface area (Å²) < 4.78 is 0. The maximum atomic E-state index is 11.5. The van der Waals surface area contributed by atoms with Gasteiger partial charge in [0, 0.05) is 52.2 Å². The summed E-state index contributed by atoms with van der Waals surface area (Å²) >= 11 is 0. The number of aliphatic hydroxyl groups is 1. The van der Waals surface area contributed by atoms with E-state index in [9.17, 15) is 9.90 Å². The van der Waals surface area contributed by atoms with Crippen LogP contribution < -0.4 is 10.6 Å². The van der Waals surface area contributed by atoms with Crippen LogP contribution in [0.15, 0.2) is 30.5 Å². The Morgan fingerprint density at radius 1 is 1.24 bits per heavy atom. The number of nitrogens with zero attached hydrogens (tertiary/aromatic N) is 5. The van der Waals surface area contributed by atoms with Crippen LogP contribution >= 0.6 is 0 Å². The van der Waals surface area contributed by atoms with Gasteiger partial charge in [-0.3, -0.25) is 14.8 Å². The Kier molecular flexibility index (Phi) is 6.59. The molecular formula is C24H32N8O2. The fraction of sp³-hybridized carbons (Fsp3) is 0.500. The summed E-state index contributed by atoms with van der Waals surface area (Å²) in [6, 6.07) is 8.74. The largest absolute Gasteiger partial charge is 0.390 e. The van der Waals surface area contributed by atoms with Gasteiger partial charge in [0.15, 0.2) is 5.82 Å². The van der Waals surface area contributed by atoms with Gasteiger partial charge in [0.1, 0.15) is 11.0 Å². The van der Waals surface area contributed by atoms with Crippen molar-refractivity contribution in [1.29, 1.82) is 0 Å². The molecule has 0 spiro atoms. The van der Waals surface area contributed by atoms with Crippen LogP contribution in [0.25, 0.3) is 11.0 Å². The monoisotopic (exact) mass is 464 g/mol. The fourth-order valence-electron chi connectivity index (χ4n) is 4.81. The van der Waals surface area contributed by atoms with Gasteiger partial charge in [-0.05, 0) is 30.4 Å². The molecule has 2 aromatic heterocycles. The average Bonchev–Trinajstić information content (AvgIpc) is 3.25. The summed E-state index contributed by atoms with van der Waals surface area (Å²) in [4.78, 5) is 24.7. The second-order valence-corrected chi connectivity index (χ2v) is 9.24. The molecule has 0 unspecified atom stereocenters. The number of fused-ring (bicyclic) bond motifs is 2. The van der Waals surface area contributed by atoms with Crippen molar-refractivity contribution in [3.05, 3.63) is 41.6 Å². The van der Waals surface area contributed by atoms with Crippen molar-refractivity contribution >= 4 is 28.7 Å². The van der Waals surface area contributed by atoms with Gasteiger partial charge in [0.05, 0.1) is 12.3 Å². The van der Waals surface area contributed by atoms with Gasteiger partial charge in [-0.25, -0.2) is 9.97 Å². The number of hydrogen-bond donors (Lipinski definition) is 4. The van der Waals surface area contributed by atoms with Crippen LogP contribution in [0, 0.1) is 0 Å². The van der Waals surface area contributed by atoms with E-state index >= 15 is 0 Å². The van der Waals surface area contributed by atoms with Crippen molar-refractivity contribution in [3.63, 3.8) is 0 Å². The Hall–Kier alpha value is -3.24. The smallest absolute Gasteiger partial charge is 0.223 e. The number of β-amino-alcohol motifs (C(OH)–C–C–N with tert-alkyl or cyclic N) is 1. The summed E-state index contributed by atoms with van der Waals surface area (Å²) in [5.41, 5.74) is 4.18. The third kappa shape index (κ3) is 5.13. The zero-order valence-corrected chi connectivity index (χ0v) is 19.5. The fourth-order valence-corrected chi connectivity index (χ4v) is 4.81. The van der Waals surface area contributed by atoms with E-state index in [-0.39, 0.29) is 11.9 Å². The number of amides is 1. The van der Waals surface area contributed by atoms with Gasteiger partial charge in [-0.15, -0.1) is 0 Å². The minimum atomic E-state index is -0.525. The first-order valence-corrected chi connectivity index (χ1v) is 12.0. The van der Waals surface area contributed by atoms with Crippen molar-refractivity contribution in [3.8, 4) is 0 Å². The molecule has 1 amide bonds. The molecule has 2 aliphatic rings. The summed E-state index contributed by atoms with van der Waals surface area (Å²) in [7, 11) is 0. The highest BCUT2D eigenvalue weighted by Crippen LogP contribution is 2.21. The molecule has 1 fully saturated rings. The minimum Gasteiger partial charge on any atom is -0.390 e. The summed E-state index contributed by atoms with van der Waals surface area (Å²) in [5.74, 6) is 1.28. The summed E-state index contributed by atoms with van der Waals surface area (Å²) in [6.07, 6.45) is 3.94. The second kappa shape index (κ2) is 9.94. The van der Waals surface area contributed by atoms with Gasteiger partial charge in [0.2, 0.25) is 11.9 Å². The molecule has 10 heteroatoms. The van der Waals surface area contributed by atoms with Crippen LogP contribution in [-0.4, -0.2) is 85.8 Å². The zero-order valence-electron chi connectivity index (χ0n) is 19.5. The molecule has 5 rings (SSSR count). The Morgan fingerprint density at radius 3 is 2.82 bits per heavy atom. The average molecular weight is 465 g/mol. The van der Waals surface area contributed by atoms with Crippen molar-refractivity contribution in [2.24, 2.45) is 0 Å². The zero-order chi connectivity index (χ0) is 23.5. The van der Waals surface area contributed by atoms with Crippen molar-refractivity contribution in [2.45, 2.75) is 44.9 Å². The van der Waals surface area contributed by atoms with Crippen LogP contribution in [0.4, 0.5) is 11.8 Å². The van der Waals surface area contributed by atoms with E-state index in [0.717, 1.165) is 51.0 Å². The van der Waals surface area contributed by atoms with E-state index in [0.29, 0.717) is 30.4 Å². The maximum absolute atomic E-state index is 11.5. The van der Waals surface area contributed by atoms with Crippen LogP contribution in [0.2, 0.25) is 0 Å². The molecule has 34 heavy (non-hydrogen) atoms. The van der Waals surface area contributed by atoms with Crippen LogP contribution in [0.3, 0.4) is 0 Å². The number of aromatic amines is 1. The molecule has 0 bridgehead atoms. The van der Waals surface area contributed by atoms with Crippen molar-refractivity contribution in [1.82, 2.24) is 30.0 Å². The lowest BCUT2D eigenvalue weighted by Gasteiger charge is -2.31. The predicted molar refractivity (Wildman–Crippen MR) is 131 cm³/mol. The van der Waals surface area contributed by atoms with Crippen LogP contribution in [-0.2, 0) is 17.8 Å². The molecule has 4 N–H and O–H groups in total. The number of aromatic nitrogens is 4. The molecule has 1 atom stereocenters. The molecule has 1 aromatic carbocycles. The molecule has 10 nitrogen and oxygen atoms in total. The Balaban J connectivity index is 1.16. The topological polar surface area (TPSA) is 122 Å². The number of nitrogens with one attached hydrogen (secondary N) is 3. The number of hydrogen-bond acceptors (Lipinski definition) is 8. The van der Waals surface area contributed by atoms with E-state index < -0.39 is 6.10 Å². The number of piperidine rings is 1. The Morgan fingerprint density at radius 2 is 2.03 bits per heavy atom. The first kappa shape index (κ1) is 22.5. The van der Waals surface area contributed by atoms with Gasteiger partial charge in [-0.2, -0.15) is 5.10 Å². The molecule has 3 aromatic rings. The number of carbonyl (C=O) groups is 1. The lowest BCUT2D eigenvalue weighted by molar-refractivity contribution is -0.129. The first-order chi connectivity index (χ1) is 16.5. The molecule has 4 heterocycles. The molecule has 1 saturated heterocycles. The minimum absolute atomic E-state index is 0.123. The molecule has 0 radical (unpaired) electrons. The quantitative estimate of drug-likeness (QED) is 0.416. The second-order valence-electron chi connectivity index (χ2n) is 9.24. The summed E-state index contributed by atoms with van der Waals surface area (Å²) in [5, 5.41) is 24.5.